The van der Waals surface area contributed by atoms with Crippen molar-refractivity contribution in [3.63, 3.8) is 0 Å². The van der Waals surface area contributed by atoms with E-state index in [4.69, 9.17) is 0 Å². The van der Waals surface area contributed by atoms with Gasteiger partial charge in [0.25, 0.3) is 5.56 Å². The molecule has 7 nitrogen and oxygen atoms in total. The number of aryl methyl sites for hydroxylation is 1. The molecule has 0 aliphatic rings. The molecule has 0 saturated carbocycles. The standard InChI is InChI=1S/C18H26N4O3S2/c1-5-10(3)7-12-11(4)27-17-15(12)16(25)21-18(22-17)26-9-14(24)20-8-13(23)19-6-2/h10H,5-9H2,1-4H3,(H,19,23)(H,20,24)(H,21,22,25)/t10-/m0/s1. The first-order valence-corrected chi connectivity index (χ1v) is 10.8. The summed E-state index contributed by atoms with van der Waals surface area (Å²) in [4.78, 5) is 44.9. The Morgan fingerprint density at radius 2 is 2.00 bits per heavy atom. The molecule has 0 aromatic carbocycles. The summed E-state index contributed by atoms with van der Waals surface area (Å²) in [5.41, 5.74) is 0.919. The van der Waals surface area contributed by atoms with Crippen LogP contribution in [0.5, 0.6) is 0 Å². The third-order valence-electron chi connectivity index (χ3n) is 4.25. The van der Waals surface area contributed by atoms with E-state index in [1.54, 1.807) is 0 Å². The highest BCUT2D eigenvalue weighted by Gasteiger charge is 2.17. The molecule has 2 amide bonds. The normalized spacial score (nSPS) is 12.1. The Hall–Kier alpha value is -1.87. The molecule has 0 aliphatic heterocycles. The molecule has 0 unspecified atom stereocenters. The van der Waals surface area contributed by atoms with E-state index in [1.165, 1.54) is 11.3 Å². The smallest absolute Gasteiger partial charge is 0.260 e. The van der Waals surface area contributed by atoms with E-state index in [9.17, 15) is 14.4 Å². The fourth-order valence-electron chi connectivity index (χ4n) is 2.59. The zero-order valence-corrected chi connectivity index (χ0v) is 17.7. The molecule has 0 bridgehead atoms. The second-order valence-electron chi connectivity index (χ2n) is 6.42. The predicted molar refractivity (Wildman–Crippen MR) is 111 cm³/mol. The predicted octanol–water partition coefficient (Wildman–Crippen LogP) is 2.23. The topological polar surface area (TPSA) is 104 Å². The van der Waals surface area contributed by atoms with Crippen molar-refractivity contribution in [1.29, 1.82) is 0 Å². The van der Waals surface area contributed by atoms with E-state index in [-0.39, 0.29) is 29.7 Å². The Labute approximate surface area is 166 Å². The van der Waals surface area contributed by atoms with Crippen LogP contribution in [-0.4, -0.2) is 40.6 Å². The summed E-state index contributed by atoms with van der Waals surface area (Å²) in [6.07, 6.45) is 1.92. The molecule has 1 atom stereocenters. The number of carbonyl (C=O) groups excluding carboxylic acids is 2. The molecule has 148 valence electrons. The molecule has 27 heavy (non-hydrogen) atoms. The lowest BCUT2D eigenvalue weighted by molar-refractivity contribution is -0.124. The van der Waals surface area contributed by atoms with Crippen LogP contribution < -0.4 is 16.2 Å². The Morgan fingerprint density at radius 3 is 2.67 bits per heavy atom. The summed E-state index contributed by atoms with van der Waals surface area (Å²) < 4.78 is 0. The van der Waals surface area contributed by atoms with Crippen molar-refractivity contribution in [2.45, 2.75) is 45.7 Å². The molecule has 2 heterocycles. The summed E-state index contributed by atoms with van der Waals surface area (Å²) >= 11 is 2.67. The lowest BCUT2D eigenvalue weighted by atomic mass is 9.98. The molecule has 0 fully saturated rings. The van der Waals surface area contributed by atoms with Gasteiger partial charge in [-0.2, -0.15) is 0 Å². The molecule has 0 spiro atoms. The number of thioether (sulfide) groups is 1. The Kier molecular flexibility index (Phi) is 7.85. The lowest BCUT2D eigenvalue weighted by Gasteiger charge is -2.08. The van der Waals surface area contributed by atoms with E-state index in [2.05, 4.69) is 34.4 Å². The molecule has 2 aromatic rings. The summed E-state index contributed by atoms with van der Waals surface area (Å²) in [5, 5.41) is 6.23. The highest BCUT2D eigenvalue weighted by Crippen LogP contribution is 2.30. The maximum atomic E-state index is 12.6. The number of carbonyl (C=O) groups is 2. The van der Waals surface area contributed by atoms with Gasteiger partial charge in [-0.1, -0.05) is 32.0 Å². The summed E-state index contributed by atoms with van der Waals surface area (Å²) in [5.74, 6) is 0.0712. The van der Waals surface area contributed by atoms with Crippen LogP contribution >= 0.6 is 23.1 Å². The average molecular weight is 411 g/mol. The maximum Gasteiger partial charge on any atom is 0.260 e. The fraction of sp³-hybridized carbons (Fsp3) is 0.556. The van der Waals surface area contributed by atoms with Gasteiger partial charge in [-0.15, -0.1) is 11.3 Å². The highest BCUT2D eigenvalue weighted by molar-refractivity contribution is 7.99. The van der Waals surface area contributed by atoms with Crippen LogP contribution in [0.15, 0.2) is 9.95 Å². The van der Waals surface area contributed by atoms with E-state index in [0.29, 0.717) is 27.8 Å². The van der Waals surface area contributed by atoms with Gasteiger partial charge in [0.15, 0.2) is 5.16 Å². The number of hydrogen-bond acceptors (Lipinski definition) is 6. The van der Waals surface area contributed by atoms with Crippen molar-refractivity contribution in [2.24, 2.45) is 5.92 Å². The minimum atomic E-state index is -0.284. The molecule has 0 radical (unpaired) electrons. The van der Waals surface area contributed by atoms with Crippen molar-refractivity contribution in [2.75, 3.05) is 18.8 Å². The minimum Gasteiger partial charge on any atom is -0.355 e. The number of nitrogens with one attached hydrogen (secondary N) is 3. The van der Waals surface area contributed by atoms with Crippen molar-refractivity contribution in [1.82, 2.24) is 20.6 Å². The van der Waals surface area contributed by atoms with Crippen LogP contribution in [0.1, 0.15) is 37.6 Å². The van der Waals surface area contributed by atoms with Crippen molar-refractivity contribution in [3.05, 3.63) is 20.8 Å². The second kappa shape index (κ2) is 9.89. The summed E-state index contributed by atoms with van der Waals surface area (Å²) in [6, 6.07) is 0. The maximum absolute atomic E-state index is 12.6. The van der Waals surface area contributed by atoms with Crippen LogP contribution in [0.3, 0.4) is 0 Å². The zero-order chi connectivity index (χ0) is 20.0. The number of nitrogens with zero attached hydrogens (tertiary/aromatic N) is 1. The van der Waals surface area contributed by atoms with Gasteiger partial charge < -0.3 is 15.6 Å². The first-order chi connectivity index (χ1) is 12.8. The molecular weight excluding hydrogens is 384 g/mol. The SMILES string of the molecule is CCNC(=O)CNC(=O)CSc1nc2sc(C)c(C[C@@H](C)CC)c2c(=O)[nH]1. The van der Waals surface area contributed by atoms with E-state index in [0.717, 1.165) is 35.0 Å². The van der Waals surface area contributed by atoms with Crippen molar-refractivity contribution >= 4 is 45.1 Å². The Balaban J connectivity index is 2.07. The Morgan fingerprint density at radius 1 is 1.26 bits per heavy atom. The fourth-order valence-corrected chi connectivity index (χ4v) is 4.39. The summed E-state index contributed by atoms with van der Waals surface area (Å²) in [6.45, 7) is 8.61. The number of aromatic amines is 1. The van der Waals surface area contributed by atoms with E-state index in [1.807, 2.05) is 13.8 Å². The van der Waals surface area contributed by atoms with Crippen molar-refractivity contribution in [3.8, 4) is 0 Å². The monoisotopic (exact) mass is 410 g/mol. The minimum absolute atomic E-state index is 0.0562. The van der Waals surface area contributed by atoms with Gasteiger partial charge in [0, 0.05) is 11.4 Å². The van der Waals surface area contributed by atoms with E-state index >= 15 is 0 Å². The molecular formula is C18H26N4O3S2. The van der Waals surface area contributed by atoms with Crippen LogP contribution in [0.25, 0.3) is 10.2 Å². The molecule has 2 aromatic heterocycles. The van der Waals surface area contributed by atoms with Gasteiger partial charge >= 0.3 is 0 Å². The second-order valence-corrected chi connectivity index (χ2v) is 8.59. The largest absolute Gasteiger partial charge is 0.355 e. The number of H-pyrrole nitrogens is 1. The zero-order valence-electron chi connectivity index (χ0n) is 16.1. The quantitative estimate of drug-likeness (QED) is 0.434. The van der Waals surface area contributed by atoms with Gasteiger partial charge in [0.1, 0.15) is 4.83 Å². The Bertz CT molecular complexity index is 875. The molecule has 2 rings (SSSR count). The number of amides is 2. The number of likely N-dealkylation sites (N-methyl/N-ethyl adjacent to an activating group) is 1. The van der Waals surface area contributed by atoms with Gasteiger partial charge in [-0.25, -0.2) is 4.98 Å². The van der Waals surface area contributed by atoms with Crippen LogP contribution in [-0.2, 0) is 16.0 Å². The van der Waals surface area contributed by atoms with Crippen LogP contribution in [0, 0.1) is 12.8 Å². The van der Waals surface area contributed by atoms with Gasteiger partial charge in [0.05, 0.1) is 17.7 Å². The number of thiophene rings is 1. The summed E-state index contributed by atoms with van der Waals surface area (Å²) in [7, 11) is 0. The molecule has 0 aliphatic carbocycles. The van der Waals surface area contributed by atoms with E-state index < -0.39 is 0 Å². The third kappa shape index (κ3) is 5.80. The first-order valence-electron chi connectivity index (χ1n) is 9.04. The number of aromatic nitrogens is 2. The number of rotatable bonds is 9. The van der Waals surface area contributed by atoms with Crippen LogP contribution in [0.4, 0.5) is 0 Å². The molecule has 9 heteroatoms. The first kappa shape index (κ1) is 21.4. The van der Waals surface area contributed by atoms with Crippen molar-refractivity contribution < 1.29 is 9.59 Å². The van der Waals surface area contributed by atoms with Crippen LogP contribution in [0.2, 0.25) is 0 Å². The average Bonchev–Trinajstić information content (AvgIpc) is 2.94. The third-order valence-corrected chi connectivity index (χ3v) is 6.17. The number of fused-ring (bicyclic) bond motifs is 1. The lowest BCUT2D eigenvalue weighted by Crippen LogP contribution is -2.37. The molecule has 3 N–H and O–H groups in total. The molecule has 0 saturated heterocycles. The van der Waals surface area contributed by atoms with Gasteiger partial charge in [-0.05, 0) is 31.7 Å². The van der Waals surface area contributed by atoms with Gasteiger partial charge in [-0.3, -0.25) is 14.4 Å². The number of hydrogen-bond donors (Lipinski definition) is 3. The van der Waals surface area contributed by atoms with Gasteiger partial charge in [0.2, 0.25) is 11.8 Å². The highest BCUT2D eigenvalue weighted by atomic mass is 32.2.